The van der Waals surface area contributed by atoms with E-state index in [2.05, 4.69) is 9.72 Å². The van der Waals surface area contributed by atoms with E-state index in [1.54, 1.807) is 6.07 Å². The number of halogens is 3. The molecule has 0 amide bonds. The molecule has 98 valence electrons. The van der Waals surface area contributed by atoms with E-state index in [0.717, 1.165) is 6.20 Å². The van der Waals surface area contributed by atoms with Crippen molar-refractivity contribution in [2.24, 2.45) is 5.73 Å². The molecular formula is C10H10F3N3O2. The second-order valence-corrected chi connectivity index (χ2v) is 3.18. The van der Waals surface area contributed by atoms with Gasteiger partial charge in [-0.25, -0.2) is 4.98 Å². The predicted molar refractivity (Wildman–Crippen MR) is 54.7 cm³/mol. The van der Waals surface area contributed by atoms with E-state index < -0.39 is 12.1 Å². The van der Waals surface area contributed by atoms with Crippen LogP contribution in [-0.2, 0) is 13.0 Å². The van der Waals surface area contributed by atoms with E-state index in [0.29, 0.717) is 0 Å². The summed E-state index contributed by atoms with van der Waals surface area (Å²) in [4.78, 5) is 3.66. The Labute approximate surface area is 101 Å². The summed E-state index contributed by atoms with van der Waals surface area (Å²) in [5.41, 5.74) is 5.68. The molecule has 0 radical (unpaired) electrons. The van der Waals surface area contributed by atoms with E-state index in [1.165, 1.54) is 7.11 Å². The van der Waals surface area contributed by atoms with Crippen molar-refractivity contribution >= 4 is 0 Å². The molecule has 0 bridgehead atoms. The van der Waals surface area contributed by atoms with Gasteiger partial charge in [-0.3, -0.25) is 0 Å². The second kappa shape index (κ2) is 5.55. The standard InChI is InChI=1S/C10H10F3N3O2/c1-17-9-7(4-15)6(2-3-14)8(5-16-9)18-10(11,12)13/h5H,2,4,15H2,1H3. The lowest BCUT2D eigenvalue weighted by molar-refractivity contribution is -0.275. The van der Waals surface area contributed by atoms with E-state index in [-0.39, 0.29) is 30.0 Å². The molecule has 0 aromatic carbocycles. The van der Waals surface area contributed by atoms with Crippen LogP contribution >= 0.6 is 0 Å². The summed E-state index contributed by atoms with van der Waals surface area (Å²) in [5, 5.41) is 8.64. The van der Waals surface area contributed by atoms with Crippen LogP contribution in [0.5, 0.6) is 11.6 Å². The highest BCUT2D eigenvalue weighted by Gasteiger charge is 2.33. The maximum absolute atomic E-state index is 12.2. The number of rotatable bonds is 4. The fraction of sp³-hybridized carbons (Fsp3) is 0.400. The Bertz CT molecular complexity index is 469. The zero-order valence-electron chi connectivity index (χ0n) is 9.41. The van der Waals surface area contributed by atoms with Gasteiger partial charge in [0.1, 0.15) is 0 Å². The van der Waals surface area contributed by atoms with E-state index >= 15 is 0 Å². The second-order valence-electron chi connectivity index (χ2n) is 3.18. The molecule has 0 aliphatic heterocycles. The van der Waals surface area contributed by atoms with Gasteiger partial charge in [-0.05, 0) is 0 Å². The van der Waals surface area contributed by atoms with Gasteiger partial charge >= 0.3 is 6.36 Å². The summed E-state index contributed by atoms with van der Waals surface area (Å²) >= 11 is 0. The molecule has 1 rings (SSSR count). The van der Waals surface area contributed by atoms with Gasteiger partial charge in [0.2, 0.25) is 5.88 Å². The molecular weight excluding hydrogens is 251 g/mol. The van der Waals surface area contributed by atoms with Crippen LogP contribution < -0.4 is 15.2 Å². The van der Waals surface area contributed by atoms with Crippen molar-refractivity contribution in [1.82, 2.24) is 4.98 Å². The van der Waals surface area contributed by atoms with Crippen molar-refractivity contribution in [3.63, 3.8) is 0 Å². The summed E-state index contributed by atoms with van der Waals surface area (Å²) in [7, 11) is 1.31. The molecule has 0 aliphatic rings. The summed E-state index contributed by atoms with van der Waals surface area (Å²) in [5.74, 6) is -0.456. The van der Waals surface area contributed by atoms with Gasteiger partial charge < -0.3 is 15.2 Å². The largest absolute Gasteiger partial charge is 0.573 e. The molecule has 0 unspecified atom stereocenters. The zero-order valence-corrected chi connectivity index (χ0v) is 9.41. The van der Waals surface area contributed by atoms with Crippen LogP contribution in [0.2, 0.25) is 0 Å². The lowest BCUT2D eigenvalue weighted by atomic mass is 10.1. The monoisotopic (exact) mass is 261 g/mol. The van der Waals surface area contributed by atoms with Crippen molar-refractivity contribution in [3.8, 4) is 17.7 Å². The Balaban J connectivity index is 3.30. The number of nitriles is 1. The Morgan fingerprint density at radius 3 is 2.56 bits per heavy atom. The smallest absolute Gasteiger partial charge is 0.481 e. The summed E-state index contributed by atoms with van der Waals surface area (Å²) < 4.78 is 45.2. The number of pyridine rings is 1. The highest BCUT2D eigenvalue weighted by Crippen LogP contribution is 2.32. The minimum atomic E-state index is -4.85. The van der Waals surface area contributed by atoms with Crippen LogP contribution in [0.1, 0.15) is 11.1 Å². The topological polar surface area (TPSA) is 81.2 Å². The fourth-order valence-electron chi connectivity index (χ4n) is 1.42. The molecule has 0 spiro atoms. The van der Waals surface area contributed by atoms with E-state index in [4.69, 9.17) is 15.7 Å². The molecule has 0 saturated carbocycles. The zero-order chi connectivity index (χ0) is 13.8. The van der Waals surface area contributed by atoms with Crippen molar-refractivity contribution in [2.75, 3.05) is 7.11 Å². The first-order valence-electron chi connectivity index (χ1n) is 4.80. The van der Waals surface area contributed by atoms with Gasteiger partial charge in [-0.2, -0.15) is 5.26 Å². The highest BCUT2D eigenvalue weighted by molar-refractivity contribution is 5.45. The molecule has 1 aromatic rings. The van der Waals surface area contributed by atoms with Gasteiger partial charge in [0.15, 0.2) is 5.75 Å². The molecule has 0 saturated heterocycles. The van der Waals surface area contributed by atoms with Gasteiger partial charge in [-0.1, -0.05) is 0 Å². The normalized spacial score (nSPS) is 10.9. The third-order valence-corrected chi connectivity index (χ3v) is 2.10. The number of hydrogen-bond donors (Lipinski definition) is 1. The number of alkyl halides is 3. The van der Waals surface area contributed by atoms with Crippen LogP contribution in [-0.4, -0.2) is 18.5 Å². The molecule has 0 fully saturated rings. The van der Waals surface area contributed by atoms with Gasteiger partial charge in [0.05, 0.1) is 25.8 Å². The Morgan fingerprint density at radius 1 is 1.44 bits per heavy atom. The molecule has 0 atom stereocenters. The minimum Gasteiger partial charge on any atom is -0.481 e. The quantitative estimate of drug-likeness (QED) is 0.888. The number of methoxy groups -OCH3 is 1. The molecule has 1 heterocycles. The Kier molecular flexibility index (Phi) is 4.33. The highest BCUT2D eigenvalue weighted by atomic mass is 19.4. The van der Waals surface area contributed by atoms with Crippen molar-refractivity contribution < 1.29 is 22.6 Å². The third-order valence-electron chi connectivity index (χ3n) is 2.10. The van der Waals surface area contributed by atoms with Crippen LogP contribution in [0.3, 0.4) is 0 Å². The first-order valence-corrected chi connectivity index (χ1v) is 4.80. The number of nitrogens with zero attached hydrogens (tertiary/aromatic N) is 2. The first-order chi connectivity index (χ1) is 8.42. The summed E-state index contributed by atoms with van der Waals surface area (Å²) in [6.45, 7) is -0.109. The van der Waals surface area contributed by atoms with Crippen molar-refractivity contribution in [2.45, 2.75) is 19.3 Å². The number of ether oxygens (including phenoxy) is 2. The van der Waals surface area contributed by atoms with Crippen LogP contribution in [0.25, 0.3) is 0 Å². The summed E-state index contributed by atoms with van der Waals surface area (Å²) in [6.07, 6.45) is -4.28. The van der Waals surface area contributed by atoms with Crippen LogP contribution in [0, 0.1) is 11.3 Å². The van der Waals surface area contributed by atoms with E-state index in [9.17, 15) is 13.2 Å². The Hall–Kier alpha value is -2.01. The predicted octanol–water partition coefficient (Wildman–Crippen LogP) is 1.51. The number of nitrogens with two attached hydrogens (primary N) is 1. The third kappa shape index (κ3) is 3.24. The van der Waals surface area contributed by atoms with Crippen LogP contribution in [0.15, 0.2) is 6.20 Å². The minimum absolute atomic E-state index is 0.0316. The summed E-state index contributed by atoms with van der Waals surface area (Å²) in [6, 6.07) is 1.75. The van der Waals surface area contributed by atoms with Gasteiger partial charge in [0.25, 0.3) is 0 Å². The number of aromatic nitrogens is 1. The maximum Gasteiger partial charge on any atom is 0.573 e. The van der Waals surface area contributed by atoms with Gasteiger partial charge in [-0.15, -0.1) is 13.2 Å². The van der Waals surface area contributed by atoms with Gasteiger partial charge in [0, 0.05) is 17.7 Å². The van der Waals surface area contributed by atoms with Crippen molar-refractivity contribution in [3.05, 3.63) is 17.3 Å². The molecule has 1 aromatic heterocycles. The fourth-order valence-corrected chi connectivity index (χ4v) is 1.42. The average molecular weight is 261 g/mol. The number of hydrogen-bond acceptors (Lipinski definition) is 5. The molecule has 8 heteroatoms. The van der Waals surface area contributed by atoms with E-state index in [1.807, 2.05) is 0 Å². The molecule has 18 heavy (non-hydrogen) atoms. The first kappa shape index (κ1) is 14.1. The lowest BCUT2D eigenvalue weighted by Gasteiger charge is -2.15. The maximum atomic E-state index is 12.2. The molecule has 5 nitrogen and oxygen atoms in total. The molecule has 2 N–H and O–H groups in total. The average Bonchev–Trinajstić information content (AvgIpc) is 2.29. The van der Waals surface area contributed by atoms with Crippen LogP contribution in [0.4, 0.5) is 13.2 Å². The Morgan fingerprint density at radius 2 is 2.11 bits per heavy atom. The molecule has 0 aliphatic carbocycles. The lowest BCUT2D eigenvalue weighted by Crippen LogP contribution is -2.19. The van der Waals surface area contributed by atoms with Crippen molar-refractivity contribution in [1.29, 1.82) is 5.26 Å². The SMILES string of the molecule is COc1ncc(OC(F)(F)F)c(CC#N)c1CN.